The van der Waals surface area contributed by atoms with Gasteiger partial charge in [0.15, 0.2) is 0 Å². The van der Waals surface area contributed by atoms with E-state index in [0.29, 0.717) is 23.3 Å². The summed E-state index contributed by atoms with van der Waals surface area (Å²) in [7, 11) is 1.45. The molecule has 0 atom stereocenters. The summed E-state index contributed by atoms with van der Waals surface area (Å²) in [5.41, 5.74) is 5.79. The quantitative estimate of drug-likeness (QED) is 0.601. The van der Waals surface area contributed by atoms with Crippen molar-refractivity contribution in [1.82, 2.24) is 0 Å². The van der Waals surface area contributed by atoms with E-state index >= 15 is 0 Å². The number of anilines is 1. The molecule has 0 heterocycles. The third kappa shape index (κ3) is 2.41. The normalized spacial score (nSPS) is 9.47. The van der Waals surface area contributed by atoms with Crippen LogP contribution in [0, 0.1) is 0 Å². The Balaban J connectivity index is 3.22. The molecule has 0 aliphatic carbocycles. The Morgan fingerprint density at radius 2 is 2.27 bits per heavy atom. The van der Waals surface area contributed by atoms with Crippen molar-refractivity contribution in [2.75, 3.05) is 11.4 Å². The van der Waals surface area contributed by atoms with Gasteiger partial charge < -0.3 is 10.5 Å². The molecule has 6 heteroatoms. The number of nitrogens with zero attached hydrogens (tertiary/aromatic N) is 1. The number of thiol groups is 1. The maximum Gasteiger partial charge on any atom is 0.329 e. The Morgan fingerprint density at radius 1 is 1.60 bits per heavy atom. The largest absolute Gasteiger partial charge is 0.495 e. The number of rotatable bonds is 3. The summed E-state index contributed by atoms with van der Waals surface area (Å²) in [5.74, 6) is 0.411. The molecular weight excluding hydrogens is 216 g/mol. The molecule has 15 heavy (non-hydrogen) atoms. The molecule has 0 spiro atoms. The van der Waals surface area contributed by atoms with Crippen molar-refractivity contribution in [1.29, 1.82) is 0 Å². The second kappa shape index (κ2) is 4.70. The summed E-state index contributed by atoms with van der Waals surface area (Å²) in [6.45, 7) is 0. The third-order valence-corrected chi connectivity index (χ3v) is 2.19. The van der Waals surface area contributed by atoms with E-state index in [4.69, 9.17) is 10.5 Å². The molecule has 0 bridgehead atoms. The number of benzene rings is 1. The standard InChI is InChI=1S/C9H10N2O3S/c1-14-8-3-2-6(5-12)4-7(8)11(15)9(10)13/h2-5,15H,1H3,(H2,10,13). The number of aldehydes is 1. The van der Waals surface area contributed by atoms with Crippen molar-refractivity contribution in [3.05, 3.63) is 23.8 Å². The van der Waals surface area contributed by atoms with Gasteiger partial charge in [0, 0.05) is 5.56 Å². The number of ether oxygens (including phenoxy) is 1. The fourth-order valence-electron chi connectivity index (χ4n) is 1.06. The number of hydrogen-bond donors (Lipinski definition) is 2. The Kier molecular flexibility index (Phi) is 3.56. The first-order valence-electron chi connectivity index (χ1n) is 4.01. The zero-order valence-electron chi connectivity index (χ0n) is 8.01. The number of carbonyl (C=O) groups is 2. The first-order chi connectivity index (χ1) is 7.10. The fourth-order valence-corrected chi connectivity index (χ4v) is 1.22. The minimum Gasteiger partial charge on any atom is -0.495 e. The van der Waals surface area contributed by atoms with E-state index in [9.17, 15) is 9.59 Å². The highest BCUT2D eigenvalue weighted by Gasteiger charge is 2.13. The first-order valence-corrected chi connectivity index (χ1v) is 4.41. The van der Waals surface area contributed by atoms with Crippen LogP contribution >= 0.6 is 12.8 Å². The Hall–Kier alpha value is -1.69. The summed E-state index contributed by atoms with van der Waals surface area (Å²) in [6.07, 6.45) is 0.658. The molecule has 0 saturated carbocycles. The Morgan fingerprint density at radius 3 is 2.73 bits per heavy atom. The van der Waals surface area contributed by atoms with Crippen molar-refractivity contribution in [2.24, 2.45) is 5.73 Å². The van der Waals surface area contributed by atoms with Crippen LogP contribution in [0.25, 0.3) is 0 Å². The van der Waals surface area contributed by atoms with Gasteiger partial charge in [0.2, 0.25) is 0 Å². The molecule has 0 unspecified atom stereocenters. The maximum atomic E-state index is 10.9. The average molecular weight is 226 g/mol. The SMILES string of the molecule is COc1ccc(C=O)cc1N(S)C(N)=O. The smallest absolute Gasteiger partial charge is 0.329 e. The summed E-state index contributed by atoms with van der Waals surface area (Å²) in [4.78, 5) is 21.4. The van der Waals surface area contributed by atoms with Gasteiger partial charge in [0.1, 0.15) is 12.0 Å². The monoisotopic (exact) mass is 226 g/mol. The number of hydrogen-bond acceptors (Lipinski definition) is 4. The minimum atomic E-state index is -0.750. The van der Waals surface area contributed by atoms with Gasteiger partial charge in [-0.15, -0.1) is 0 Å². The lowest BCUT2D eigenvalue weighted by molar-refractivity contribution is 0.112. The van der Waals surface area contributed by atoms with Crippen LogP contribution < -0.4 is 14.8 Å². The first kappa shape index (κ1) is 11.4. The van der Waals surface area contributed by atoms with E-state index in [1.54, 1.807) is 12.1 Å². The van der Waals surface area contributed by atoms with Crippen molar-refractivity contribution < 1.29 is 14.3 Å². The number of primary amides is 1. The molecule has 5 nitrogen and oxygen atoms in total. The molecule has 1 aromatic rings. The molecule has 80 valence electrons. The molecule has 0 aliphatic heterocycles. The summed E-state index contributed by atoms with van der Waals surface area (Å²) >= 11 is 3.89. The number of carbonyl (C=O) groups excluding carboxylic acids is 2. The second-order valence-corrected chi connectivity index (χ2v) is 3.10. The van der Waals surface area contributed by atoms with Crippen molar-refractivity contribution in [2.45, 2.75) is 0 Å². The molecule has 0 saturated heterocycles. The highest BCUT2D eigenvalue weighted by molar-refractivity contribution is 7.82. The van der Waals surface area contributed by atoms with Gasteiger partial charge in [-0.05, 0) is 18.2 Å². The topological polar surface area (TPSA) is 72.6 Å². The van der Waals surface area contributed by atoms with Gasteiger partial charge in [-0.25, -0.2) is 9.10 Å². The number of methoxy groups -OCH3 is 1. The molecule has 1 rings (SSSR count). The van der Waals surface area contributed by atoms with Gasteiger partial charge in [0.05, 0.1) is 12.8 Å². The maximum absolute atomic E-state index is 10.9. The Bertz CT molecular complexity index is 395. The van der Waals surface area contributed by atoms with Gasteiger partial charge in [-0.2, -0.15) is 0 Å². The highest BCUT2D eigenvalue weighted by atomic mass is 32.1. The molecule has 2 amide bonds. The number of amides is 2. The number of nitrogens with two attached hydrogens (primary N) is 1. The van der Waals surface area contributed by atoms with Gasteiger partial charge in [0.25, 0.3) is 0 Å². The van der Waals surface area contributed by atoms with Crippen molar-refractivity contribution in [3.63, 3.8) is 0 Å². The lowest BCUT2D eigenvalue weighted by Gasteiger charge is -2.16. The van der Waals surface area contributed by atoms with E-state index < -0.39 is 6.03 Å². The van der Waals surface area contributed by atoms with E-state index in [1.165, 1.54) is 13.2 Å². The zero-order chi connectivity index (χ0) is 11.4. The molecule has 0 aliphatic rings. The molecule has 0 fully saturated rings. The minimum absolute atomic E-state index is 0.331. The second-order valence-electron chi connectivity index (χ2n) is 2.70. The van der Waals surface area contributed by atoms with E-state index in [1.807, 2.05) is 0 Å². The van der Waals surface area contributed by atoms with E-state index in [2.05, 4.69) is 12.8 Å². The zero-order valence-corrected chi connectivity index (χ0v) is 8.90. The van der Waals surface area contributed by atoms with Crippen LogP contribution in [0.4, 0.5) is 10.5 Å². The fraction of sp³-hybridized carbons (Fsp3) is 0.111. The predicted octanol–water partition coefficient (Wildman–Crippen LogP) is 1.24. The summed E-state index contributed by atoms with van der Waals surface area (Å²) < 4.78 is 5.91. The number of urea groups is 1. The van der Waals surface area contributed by atoms with Crippen LogP contribution in [0.3, 0.4) is 0 Å². The van der Waals surface area contributed by atoms with Gasteiger partial charge in [-0.3, -0.25) is 4.79 Å². The predicted molar refractivity (Wildman–Crippen MR) is 59.4 cm³/mol. The van der Waals surface area contributed by atoms with Crippen LogP contribution in [-0.2, 0) is 0 Å². The summed E-state index contributed by atoms with van der Waals surface area (Å²) in [6, 6.07) is 3.84. The molecule has 0 radical (unpaired) electrons. The Labute approximate surface area is 92.4 Å². The van der Waals surface area contributed by atoms with E-state index in [0.717, 1.165) is 4.31 Å². The van der Waals surface area contributed by atoms with Crippen LogP contribution in [0.1, 0.15) is 10.4 Å². The van der Waals surface area contributed by atoms with Crippen LogP contribution in [0.5, 0.6) is 5.75 Å². The lowest BCUT2D eigenvalue weighted by atomic mass is 10.2. The van der Waals surface area contributed by atoms with Crippen molar-refractivity contribution >= 4 is 30.8 Å². The van der Waals surface area contributed by atoms with Gasteiger partial charge in [-0.1, -0.05) is 12.8 Å². The van der Waals surface area contributed by atoms with Gasteiger partial charge >= 0.3 is 6.03 Å². The van der Waals surface area contributed by atoms with Crippen molar-refractivity contribution in [3.8, 4) is 5.75 Å². The highest BCUT2D eigenvalue weighted by Crippen LogP contribution is 2.29. The summed E-state index contributed by atoms with van der Waals surface area (Å²) in [5, 5.41) is 0. The lowest BCUT2D eigenvalue weighted by Crippen LogP contribution is -2.27. The molecular formula is C9H10N2O3S. The van der Waals surface area contributed by atoms with Crippen LogP contribution in [0.15, 0.2) is 18.2 Å². The van der Waals surface area contributed by atoms with Crippen LogP contribution in [0.2, 0.25) is 0 Å². The van der Waals surface area contributed by atoms with E-state index in [-0.39, 0.29) is 0 Å². The third-order valence-electron chi connectivity index (χ3n) is 1.78. The molecule has 2 N–H and O–H groups in total. The van der Waals surface area contributed by atoms with Crippen LogP contribution in [-0.4, -0.2) is 19.4 Å². The average Bonchev–Trinajstić information content (AvgIpc) is 2.27. The molecule has 1 aromatic carbocycles. The molecule has 0 aromatic heterocycles.